The molecule has 2 aromatic carbocycles. The van der Waals surface area contributed by atoms with Crippen LogP contribution in [0, 0.1) is 10.8 Å². The lowest BCUT2D eigenvalue weighted by Gasteiger charge is -2.49. The summed E-state index contributed by atoms with van der Waals surface area (Å²) in [4.78, 5) is 30.1. The van der Waals surface area contributed by atoms with Gasteiger partial charge in [0.1, 0.15) is 4.90 Å². The number of halogens is 2. The highest BCUT2D eigenvalue weighted by molar-refractivity contribution is 9.10. The number of ketones is 2. The van der Waals surface area contributed by atoms with E-state index in [1.54, 1.807) is 25.3 Å². The Morgan fingerprint density at radius 2 is 1.47 bits per heavy atom. The van der Waals surface area contributed by atoms with Gasteiger partial charge in [-0.15, -0.1) is 0 Å². The highest BCUT2D eigenvalue weighted by atomic mass is 79.9. The van der Waals surface area contributed by atoms with E-state index in [1.165, 1.54) is 24.3 Å². The Morgan fingerprint density at radius 3 is 1.98 bits per heavy atom. The van der Waals surface area contributed by atoms with Crippen molar-refractivity contribution in [1.29, 1.82) is 0 Å². The number of rotatable bonds is 8. The van der Waals surface area contributed by atoms with Gasteiger partial charge in [0.25, 0.3) is 0 Å². The number of carbonyl (C=O) groups is 2. The van der Waals surface area contributed by atoms with Crippen LogP contribution >= 0.6 is 27.5 Å². The number of nitrogens with zero attached hydrogens (tertiary/aromatic N) is 1. The van der Waals surface area contributed by atoms with Gasteiger partial charge in [-0.3, -0.25) is 9.59 Å². The fraction of sp³-hybridized carbons (Fsp3) is 0.455. The van der Waals surface area contributed by atoms with Gasteiger partial charge in [-0.2, -0.15) is 8.42 Å². The van der Waals surface area contributed by atoms with Crippen LogP contribution < -0.4 is 4.18 Å². The smallest absolute Gasteiger partial charge is 0.339 e. The molecule has 0 bridgehead atoms. The zero-order valence-corrected chi connectivity index (χ0v) is 28.3. The lowest BCUT2D eigenvalue weighted by molar-refractivity contribution is -0.119. The molecule has 0 saturated carbocycles. The zero-order chi connectivity index (χ0) is 31.3. The molecule has 0 fully saturated rings. The third kappa shape index (κ3) is 6.51. The summed E-state index contributed by atoms with van der Waals surface area (Å²) in [6.07, 6.45) is 2.96. The molecule has 0 amide bonds. The molecule has 0 saturated heterocycles. The molecule has 43 heavy (non-hydrogen) atoms. The number of Topliss-reactive ketones (excluding diaryl/α,β-unsaturated/α-hetero) is 2. The molecule has 5 rings (SSSR count). The lowest BCUT2D eigenvalue weighted by atomic mass is 9.63. The van der Waals surface area contributed by atoms with E-state index in [4.69, 9.17) is 20.5 Å². The van der Waals surface area contributed by atoms with Crippen LogP contribution in [0.15, 0.2) is 74.4 Å². The summed E-state index contributed by atoms with van der Waals surface area (Å²) in [5.41, 5.74) is 3.58. The SMILES string of the molecule is COCCCN1C2=C(C(=O)CC(C)(C)C2)C(c2ccc(OS(=O)(=O)c3ccc(Cl)cc3)c(Br)c2)C2=C1CC(C)(C)CC2=O. The Balaban J connectivity index is 1.62. The molecule has 230 valence electrons. The maximum atomic E-state index is 14.0. The van der Waals surface area contributed by atoms with Crippen molar-refractivity contribution < 1.29 is 26.9 Å². The summed E-state index contributed by atoms with van der Waals surface area (Å²) in [6, 6.07) is 10.8. The molecule has 0 unspecified atom stereocenters. The minimum Gasteiger partial charge on any atom is -0.385 e. The number of allylic oxidation sites excluding steroid dienone is 4. The summed E-state index contributed by atoms with van der Waals surface area (Å²) < 4.78 is 37.2. The first-order valence-corrected chi connectivity index (χ1v) is 17.0. The van der Waals surface area contributed by atoms with Gasteiger partial charge in [0.15, 0.2) is 17.3 Å². The van der Waals surface area contributed by atoms with Gasteiger partial charge in [0.05, 0.1) is 4.47 Å². The Labute approximate surface area is 267 Å². The van der Waals surface area contributed by atoms with Crippen molar-refractivity contribution in [3.8, 4) is 5.75 Å². The summed E-state index contributed by atoms with van der Waals surface area (Å²) in [5.74, 6) is -0.363. The molecular formula is C33H37BrClNO6S. The van der Waals surface area contributed by atoms with Gasteiger partial charge < -0.3 is 13.8 Å². The number of ether oxygens (including phenoxy) is 1. The molecule has 0 atom stereocenters. The average molecular weight is 691 g/mol. The van der Waals surface area contributed by atoms with Crippen LogP contribution in [0.2, 0.25) is 5.02 Å². The second kappa shape index (κ2) is 11.8. The summed E-state index contributed by atoms with van der Waals surface area (Å²) in [5, 5.41) is 0.415. The van der Waals surface area contributed by atoms with Gasteiger partial charge >= 0.3 is 10.1 Å². The summed E-state index contributed by atoms with van der Waals surface area (Å²) in [6.45, 7) is 9.68. The Hall–Kier alpha value is -2.46. The van der Waals surface area contributed by atoms with Crippen LogP contribution in [-0.2, 0) is 24.4 Å². The van der Waals surface area contributed by atoms with Crippen LogP contribution in [0.1, 0.15) is 71.3 Å². The molecule has 0 aromatic heterocycles. The fourth-order valence-electron chi connectivity index (χ4n) is 6.55. The van der Waals surface area contributed by atoms with E-state index in [9.17, 15) is 18.0 Å². The predicted molar refractivity (Wildman–Crippen MR) is 169 cm³/mol. The van der Waals surface area contributed by atoms with Crippen molar-refractivity contribution in [2.75, 3.05) is 20.3 Å². The van der Waals surface area contributed by atoms with Crippen molar-refractivity contribution in [2.45, 2.75) is 70.6 Å². The highest BCUT2D eigenvalue weighted by Gasteiger charge is 2.49. The monoisotopic (exact) mass is 689 g/mol. The first-order chi connectivity index (χ1) is 20.1. The van der Waals surface area contributed by atoms with Crippen LogP contribution in [0.3, 0.4) is 0 Å². The van der Waals surface area contributed by atoms with Crippen molar-refractivity contribution >= 4 is 49.2 Å². The van der Waals surface area contributed by atoms with E-state index in [1.807, 2.05) is 0 Å². The molecule has 1 aliphatic heterocycles. The molecule has 0 radical (unpaired) electrons. The summed E-state index contributed by atoms with van der Waals surface area (Å²) >= 11 is 9.43. The van der Waals surface area contributed by atoms with E-state index in [-0.39, 0.29) is 33.0 Å². The maximum Gasteiger partial charge on any atom is 0.339 e. The van der Waals surface area contributed by atoms with E-state index >= 15 is 0 Å². The van der Waals surface area contributed by atoms with Crippen molar-refractivity contribution in [1.82, 2.24) is 4.90 Å². The summed E-state index contributed by atoms with van der Waals surface area (Å²) in [7, 11) is -2.45. The second-order valence-electron chi connectivity index (χ2n) is 13.2. The third-order valence-corrected chi connectivity index (χ3v) is 10.5. The van der Waals surface area contributed by atoms with Crippen LogP contribution in [0.5, 0.6) is 5.75 Å². The minimum absolute atomic E-state index is 0.0239. The van der Waals surface area contributed by atoms with E-state index in [0.29, 0.717) is 59.5 Å². The first kappa shape index (κ1) is 31.9. The molecule has 7 nitrogen and oxygen atoms in total. The second-order valence-corrected chi connectivity index (χ2v) is 16.1. The number of carbonyl (C=O) groups excluding carboxylic acids is 2. The van der Waals surface area contributed by atoms with Gasteiger partial charge in [-0.05, 0) is 88.0 Å². The Bertz CT molecular complexity index is 1590. The third-order valence-electron chi connectivity index (χ3n) is 8.34. The Morgan fingerprint density at radius 1 is 0.907 bits per heavy atom. The lowest BCUT2D eigenvalue weighted by Crippen LogP contribution is -2.44. The Kier molecular flexibility index (Phi) is 8.77. The first-order valence-electron chi connectivity index (χ1n) is 14.4. The zero-order valence-electron chi connectivity index (χ0n) is 25.1. The molecule has 1 heterocycles. The van der Waals surface area contributed by atoms with Crippen molar-refractivity contribution in [3.63, 3.8) is 0 Å². The standard InChI is InChI=1S/C33H37BrClNO6S/c1-32(2)16-24-30(26(37)18-32)29(31-25(36(24)13-6-14-41-5)17-33(3,4)19-27(31)38)20-7-12-28(23(34)15-20)42-43(39,40)22-10-8-21(35)9-11-22/h7-12,15,29H,6,13-14,16-19H2,1-5H3. The molecule has 0 N–H and O–H groups in total. The minimum atomic E-state index is -4.12. The van der Waals surface area contributed by atoms with Crippen LogP contribution in [-0.4, -0.2) is 45.1 Å². The van der Waals surface area contributed by atoms with Crippen LogP contribution in [0.25, 0.3) is 0 Å². The normalized spacial score (nSPS) is 20.3. The van der Waals surface area contributed by atoms with Crippen molar-refractivity contribution in [2.24, 2.45) is 10.8 Å². The van der Waals surface area contributed by atoms with E-state index in [2.05, 4.69) is 48.5 Å². The molecule has 10 heteroatoms. The molecule has 0 spiro atoms. The molecule has 2 aromatic rings. The number of hydrogen-bond donors (Lipinski definition) is 0. The topological polar surface area (TPSA) is 90.0 Å². The van der Waals surface area contributed by atoms with Gasteiger partial charge in [0, 0.05) is 66.6 Å². The predicted octanol–water partition coefficient (Wildman–Crippen LogP) is 7.59. The highest BCUT2D eigenvalue weighted by Crippen LogP contribution is 2.54. The number of methoxy groups -OCH3 is 1. The van der Waals surface area contributed by atoms with Gasteiger partial charge in [-0.1, -0.05) is 45.4 Å². The molecule has 2 aliphatic carbocycles. The molecule has 3 aliphatic rings. The molecular weight excluding hydrogens is 654 g/mol. The van der Waals surface area contributed by atoms with Gasteiger partial charge in [-0.25, -0.2) is 0 Å². The largest absolute Gasteiger partial charge is 0.385 e. The van der Waals surface area contributed by atoms with E-state index in [0.717, 1.165) is 23.4 Å². The van der Waals surface area contributed by atoms with E-state index < -0.39 is 16.0 Å². The average Bonchev–Trinajstić information content (AvgIpc) is 2.89. The number of benzene rings is 2. The van der Waals surface area contributed by atoms with Crippen molar-refractivity contribution in [3.05, 3.63) is 80.1 Å². The van der Waals surface area contributed by atoms with Gasteiger partial charge in [0.2, 0.25) is 0 Å². The fourth-order valence-corrected chi connectivity index (χ4v) is 8.21. The quantitative estimate of drug-likeness (QED) is 0.208. The van der Waals surface area contributed by atoms with Crippen LogP contribution in [0.4, 0.5) is 0 Å². The number of hydrogen-bond acceptors (Lipinski definition) is 7. The maximum absolute atomic E-state index is 14.0.